The number of carbonyl (C=O) groups excluding carboxylic acids is 1. The summed E-state index contributed by atoms with van der Waals surface area (Å²) in [4.78, 5) is 29.4. The number of hydrogen-bond acceptors (Lipinski definition) is 7. The summed E-state index contributed by atoms with van der Waals surface area (Å²) in [6.45, 7) is 3.37. The van der Waals surface area contributed by atoms with Crippen molar-refractivity contribution < 1.29 is 14.1 Å². The molecule has 28 heavy (non-hydrogen) atoms. The molecule has 1 aromatic heterocycles. The summed E-state index contributed by atoms with van der Waals surface area (Å²) < 4.78 is 5.95. The minimum atomic E-state index is -0.581. The van der Waals surface area contributed by atoms with Gasteiger partial charge in [0.15, 0.2) is 11.0 Å². The van der Waals surface area contributed by atoms with Crippen LogP contribution >= 0.6 is 23.4 Å². The van der Waals surface area contributed by atoms with E-state index in [-0.39, 0.29) is 11.5 Å². The van der Waals surface area contributed by atoms with Crippen LogP contribution in [0.15, 0.2) is 51.0 Å². The lowest BCUT2D eigenvalue weighted by Crippen LogP contribution is -2.30. The van der Waals surface area contributed by atoms with Gasteiger partial charge >= 0.3 is 0 Å². The van der Waals surface area contributed by atoms with Crippen LogP contribution in [0.1, 0.15) is 25.6 Å². The minimum absolute atomic E-state index is 0.0838. The standard InChI is InChI=1S/C19H18ClN3O4S/c1-10-17(11(2)24)18(21-19(28-4)22(10)3)16-8-7-15(27-16)13-9-12(23(25)26)5-6-14(13)20/h5-9,18H,1-4H3/t18-/m1/s1. The van der Waals surface area contributed by atoms with Gasteiger partial charge < -0.3 is 9.32 Å². The van der Waals surface area contributed by atoms with E-state index in [1.807, 2.05) is 25.1 Å². The SMILES string of the molecule is CSC1=N[C@H](c2ccc(-c3cc([N+](=O)[O-])ccc3Cl)o2)C(C(C)=O)=C(C)N1C. The molecule has 1 atom stereocenters. The van der Waals surface area contributed by atoms with Gasteiger partial charge in [-0.2, -0.15) is 0 Å². The fourth-order valence-electron chi connectivity index (χ4n) is 3.09. The molecule has 9 heteroatoms. The molecule has 0 radical (unpaired) electrons. The molecule has 0 unspecified atom stereocenters. The first-order valence-electron chi connectivity index (χ1n) is 8.35. The van der Waals surface area contributed by atoms with E-state index in [1.54, 1.807) is 12.1 Å². The molecule has 0 saturated heterocycles. The van der Waals surface area contributed by atoms with E-state index in [4.69, 9.17) is 16.0 Å². The zero-order valence-electron chi connectivity index (χ0n) is 15.7. The van der Waals surface area contributed by atoms with Crippen LogP contribution in [0.3, 0.4) is 0 Å². The third kappa shape index (κ3) is 3.57. The number of allylic oxidation sites excluding steroid dienone is 1. The van der Waals surface area contributed by atoms with E-state index in [0.29, 0.717) is 27.7 Å². The highest BCUT2D eigenvalue weighted by Gasteiger charge is 2.32. The molecular formula is C19H18ClN3O4S. The quantitative estimate of drug-likeness (QED) is 0.507. The second-order valence-electron chi connectivity index (χ2n) is 6.26. The Morgan fingerprint density at radius 1 is 1.36 bits per heavy atom. The van der Waals surface area contributed by atoms with E-state index in [2.05, 4.69) is 4.99 Å². The number of thioether (sulfide) groups is 1. The number of non-ortho nitro benzene ring substituents is 1. The summed E-state index contributed by atoms with van der Waals surface area (Å²) in [6.07, 6.45) is 1.91. The van der Waals surface area contributed by atoms with Gasteiger partial charge in [-0.1, -0.05) is 23.4 Å². The van der Waals surface area contributed by atoms with Crippen molar-refractivity contribution >= 4 is 40.0 Å². The maximum absolute atomic E-state index is 12.3. The lowest BCUT2D eigenvalue weighted by atomic mass is 9.98. The third-order valence-electron chi connectivity index (χ3n) is 4.58. The highest BCUT2D eigenvalue weighted by atomic mass is 35.5. The van der Waals surface area contributed by atoms with Crippen molar-refractivity contribution in [2.24, 2.45) is 4.99 Å². The van der Waals surface area contributed by atoms with Crippen molar-refractivity contribution in [2.45, 2.75) is 19.9 Å². The van der Waals surface area contributed by atoms with E-state index >= 15 is 0 Å². The van der Waals surface area contributed by atoms with Crippen LogP contribution in [-0.4, -0.2) is 34.1 Å². The molecule has 2 heterocycles. The molecule has 146 valence electrons. The van der Waals surface area contributed by atoms with E-state index in [9.17, 15) is 14.9 Å². The van der Waals surface area contributed by atoms with Gasteiger partial charge in [0.25, 0.3) is 5.69 Å². The highest BCUT2D eigenvalue weighted by Crippen LogP contribution is 2.39. The zero-order valence-corrected chi connectivity index (χ0v) is 17.3. The molecule has 0 spiro atoms. The van der Waals surface area contributed by atoms with Gasteiger partial charge in [-0.25, -0.2) is 4.99 Å². The van der Waals surface area contributed by atoms with Crippen molar-refractivity contribution in [1.29, 1.82) is 0 Å². The second kappa shape index (κ2) is 7.81. The first-order valence-corrected chi connectivity index (χ1v) is 9.96. The monoisotopic (exact) mass is 419 g/mol. The number of aliphatic imine (C=N–C) groups is 1. The fraction of sp³-hybridized carbons (Fsp3) is 0.263. The first-order chi connectivity index (χ1) is 13.2. The average molecular weight is 420 g/mol. The second-order valence-corrected chi connectivity index (χ2v) is 7.44. The molecule has 0 aliphatic carbocycles. The molecule has 0 N–H and O–H groups in total. The number of furan rings is 1. The summed E-state index contributed by atoms with van der Waals surface area (Å²) in [5.74, 6) is 0.760. The number of Topliss-reactive ketones (excluding diaryl/α,β-unsaturated/α-hetero) is 1. The maximum Gasteiger partial charge on any atom is 0.270 e. The summed E-state index contributed by atoms with van der Waals surface area (Å²) in [6, 6.07) is 6.98. The lowest BCUT2D eigenvalue weighted by molar-refractivity contribution is -0.384. The van der Waals surface area contributed by atoms with Crippen LogP contribution in [0, 0.1) is 10.1 Å². The van der Waals surface area contributed by atoms with Crippen molar-refractivity contribution in [3.63, 3.8) is 0 Å². The van der Waals surface area contributed by atoms with Crippen LogP contribution < -0.4 is 0 Å². The molecule has 2 aromatic rings. The number of nitrogens with zero attached hydrogens (tertiary/aromatic N) is 3. The minimum Gasteiger partial charge on any atom is -0.458 e. The Kier molecular flexibility index (Phi) is 5.62. The number of halogens is 1. The van der Waals surface area contributed by atoms with Crippen LogP contribution in [-0.2, 0) is 4.79 Å². The van der Waals surface area contributed by atoms with Crippen molar-refractivity contribution in [3.05, 3.63) is 62.5 Å². The van der Waals surface area contributed by atoms with Gasteiger partial charge in [0.2, 0.25) is 0 Å². The molecule has 1 aromatic carbocycles. The number of carbonyl (C=O) groups is 1. The summed E-state index contributed by atoms with van der Waals surface area (Å²) in [5, 5.41) is 12.2. The van der Waals surface area contributed by atoms with Crippen molar-refractivity contribution in [3.8, 4) is 11.3 Å². The Morgan fingerprint density at radius 3 is 2.68 bits per heavy atom. The van der Waals surface area contributed by atoms with E-state index in [1.165, 1.54) is 36.9 Å². The highest BCUT2D eigenvalue weighted by molar-refractivity contribution is 8.13. The van der Waals surface area contributed by atoms with Gasteiger partial charge in [0, 0.05) is 36.0 Å². The molecule has 3 rings (SSSR count). The Hall–Kier alpha value is -2.58. The average Bonchev–Trinajstić information content (AvgIpc) is 3.13. The summed E-state index contributed by atoms with van der Waals surface area (Å²) in [7, 11) is 1.86. The Balaban J connectivity index is 2.08. The van der Waals surface area contributed by atoms with E-state index < -0.39 is 11.0 Å². The molecular weight excluding hydrogens is 402 g/mol. The molecule has 0 bridgehead atoms. The van der Waals surface area contributed by atoms with Crippen LogP contribution in [0.5, 0.6) is 0 Å². The number of nitro benzene ring substituents is 1. The fourth-order valence-corrected chi connectivity index (χ4v) is 3.92. The largest absolute Gasteiger partial charge is 0.458 e. The first kappa shape index (κ1) is 20.2. The normalized spacial score (nSPS) is 17.0. The van der Waals surface area contributed by atoms with Crippen LogP contribution in [0.25, 0.3) is 11.3 Å². The molecule has 0 fully saturated rings. The van der Waals surface area contributed by atoms with Gasteiger partial charge in [-0.15, -0.1) is 0 Å². The van der Waals surface area contributed by atoms with Gasteiger partial charge in [-0.3, -0.25) is 14.9 Å². The number of nitro groups is 1. The topological polar surface area (TPSA) is 89.0 Å². The number of hydrogen-bond donors (Lipinski definition) is 0. The van der Waals surface area contributed by atoms with Gasteiger partial charge in [0.1, 0.15) is 17.6 Å². The molecule has 0 saturated carbocycles. The maximum atomic E-state index is 12.3. The Morgan fingerprint density at radius 2 is 2.07 bits per heavy atom. The Labute approximate surface area is 171 Å². The summed E-state index contributed by atoms with van der Waals surface area (Å²) in [5.41, 5.74) is 1.68. The van der Waals surface area contributed by atoms with Crippen LogP contribution in [0.2, 0.25) is 5.02 Å². The molecule has 1 aliphatic rings. The van der Waals surface area contributed by atoms with E-state index in [0.717, 1.165) is 10.9 Å². The number of amidine groups is 1. The predicted molar refractivity (Wildman–Crippen MR) is 111 cm³/mol. The van der Waals surface area contributed by atoms with Gasteiger partial charge in [0.05, 0.1) is 9.95 Å². The number of benzene rings is 1. The smallest absolute Gasteiger partial charge is 0.270 e. The third-order valence-corrected chi connectivity index (χ3v) is 5.65. The number of ketones is 1. The zero-order chi connectivity index (χ0) is 20.6. The summed E-state index contributed by atoms with van der Waals surface area (Å²) >= 11 is 7.69. The predicted octanol–water partition coefficient (Wildman–Crippen LogP) is 5.08. The van der Waals surface area contributed by atoms with Crippen molar-refractivity contribution in [1.82, 2.24) is 4.90 Å². The molecule has 0 amide bonds. The van der Waals surface area contributed by atoms with Crippen LogP contribution in [0.4, 0.5) is 5.69 Å². The van der Waals surface area contributed by atoms with Crippen molar-refractivity contribution in [2.75, 3.05) is 13.3 Å². The molecule has 7 nitrogen and oxygen atoms in total. The van der Waals surface area contributed by atoms with Gasteiger partial charge in [-0.05, 0) is 38.3 Å². The lowest BCUT2D eigenvalue weighted by Gasteiger charge is -2.30. The number of rotatable bonds is 4. The molecule has 1 aliphatic heterocycles. The Bertz CT molecular complexity index is 1030.